The minimum Gasteiger partial charge on any atom is -0.467 e. The van der Waals surface area contributed by atoms with E-state index >= 15 is 0 Å². The van der Waals surface area contributed by atoms with E-state index in [1.54, 1.807) is 6.92 Å². The number of ether oxygens (including phenoxy) is 2. The maximum atomic E-state index is 14.2. The number of anilines is 1. The van der Waals surface area contributed by atoms with Gasteiger partial charge >= 0.3 is 5.97 Å². The largest absolute Gasteiger partial charge is 0.467 e. The summed E-state index contributed by atoms with van der Waals surface area (Å²) in [6, 6.07) is 5.23. The molecule has 1 aromatic carbocycles. The Bertz CT molecular complexity index is 937. The zero-order chi connectivity index (χ0) is 20.1. The van der Waals surface area contributed by atoms with Crippen LogP contribution in [0.25, 0.3) is 0 Å². The quantitative estimate of drug-likeness (QED) is 0.697. The van der Waals surface area contributed by atoms with Crippen LogP contribution in [-0.4, -0.2) is 51.6 Å². The molecule has 0 aliphatic carbocycles. The summed E-state index contributed by atoms with van der Waals surface area (Å²) >= 11 is 0. The van der Waals surface area contributed by atoms with Crippen LogP contribution >= 0.6 is 0 Å². The van der Waals surface area contributed by atoms with Crippen LogP contribution in [0.2, 0.25) is 0 Å². The summed E-state index contributed by atoms with van der Waals surface area (Å²) in [5.41, 5.74) is 0.650. The molecule has 1 N–H and O–H groups in total. The lowest BCUT2D eigenvalue weighted by molar-refractivity contribution is 0.0524. The van der Waals surface area contributed by atoms with Crippen LogP contribution in [0.5, 0.6) is 0 Å². The second-order valence-corrected chi connectivity index (χ2v) is 7.90. The van der Waals surface area contributed by atoms with Crippen molar-refractivity contribution in [3.05, 3.63) is 47.7 Å². The minimum atomic E-state index is -3.98. The molecule has 1 aliphatic heterocycles. The number of halogens is 1. The van der Waals surface area contributed by atoms with Gasteiger partial charge in [0.1, 0.15) is 22.0 Å². The van der Waals surface area contributed by atoms with Crippen molar-refractivity contribution in [3.8, 4) is 0 Å². The van der Waals surface area contributed by atoms with Gasteiger partial charge in [-0.15, -0.1) is 0 Å². The highest BCUT2D eigenvalue weighted by Gasteiger charge is 2.29. The fourth-order valence-electron chi connectivity index (χ4n) is 2.79. The smallest absolute Gasteiger partial charge is 0.341 e. The fourth-order valence-corrected chi connectivity index (χ4v) is 4.29. The number of rotatable bonds is 7. The molecule has 1 saturated heterocycles. The number of morpholine rings is 1. The van der Waals surface area contributed by atoms with E-state index in [4.69, 9.17) is 13.9 Å². The minimum absolute atomic E-state index is 0.101. The Morgan fingerprint density at radius 2 is 2.04 bits per heavy atom. The highest BCUT2D eigenvalue weighted by molar-refractivity contribution is 7.89. The molecule has 2 heterocycles. The lowest BCUT2D eigenvalue weighted by Crippen LogP contribution is -2.40. The maximum absolute atomic E-state index is 14.2. The van der Waals surface area contributed by atoms with E-state index in [9.17, 15) is 17.6 Å². The first-order chi connectivity index (χ1) is 13.4. The maximum Gasteiger partial charge on any atom is 0.341 e. The van der Waals surface area contributed by atoms with Crippen LogP contribution in [0, 0.1) is 5.82 Å². The van der Waals surface area contributed by atoms with Gasteiger partial charge in [0.05, 0.1) is 32.6 Å². The van der Waals surface area contributed by atoms with Crippen LogP contribution in [0.4, 0.5) is 10.1 Å². The highest BCUT2D eigenvalue weighted by Crippen LogP contribution is 2.24. The summed E-state index contributed by atoms with van der Waals surface area (Å²) in [6.45, 7) is 2.93. The number of nitrogens with one attached hydrogen (secondary N) is 1. The van der Waals surface area contributed by atoms with Crippen molar-refractivity contribution in [2.75, 3.05) is 38.2 Å². The van der Waals surface area contributed by atoms with Crippen LogP contribution in [-0.2, 0) is 26.0 Å². The number of esters is 1. The van der Waals surface area contributed by atoms with E-state index in [1.807, 2.05) is 0 Å². The van der Waals surface area contributed by atoms with E-state index in [2.05, 4.69) is 5.32 Å². The monoisotopic (exact) mass is 412 g/mol. The molecular weight excluding hydrogens is 391 g/mol. The van der Waals surface area contributed by atoms with Gasteiger partial charge in [-0.3, -0.25) is 0 Å². The van der Waals surface area contributed by atoms with Crippen molar-refractivity contribution in [2.24, 2.45) is 0 Å². The first-order valence-corrected chi connectivity index (χ1v) is 10.2. The molecule has 3 rings (SSSR count). The zero-order valence-electron chi connectivity index (χ0n) is 15.3. The number of sulfonamides is 1. The fraction of sp³-hybridized carbons (Fsp3) is 0.389. The first kappa shape index (κ1) is 20.3. The molecule has 1 aliphatic rings. The van der Waals surface area contributed by atoms with Gasteiger partial charge in [0.25, 0.3) is 0 Å². The van der Waals surface area contributed by atoms with Crippen LogP contribution < -0.4 is 5.32 Å². The van der Waals surface area contributed by atoms with Gasteiger partial charge in [0.15, 0.2) is 0 Å². The Labute approximate surface area is 162 Å². The van der Waals surface area contributed by atoms with Gasteiger partial charge in [0, 0.05) is 18.8 Å². The molecule has 0 saturated carbocycles. The summed E-state index contributed by atoms with van der Waals surface area (Å²) in [6.07, 6.45) is 1.36. The summed E-state index contributed by atoms with van der Waals surface area (Å²) in [4.78, 5) is 11.5. The van der Waals surface area contributed by atoms with E-state index in [0.29, 0.717) is 11.4 Å². The lowest BCUT2D eigenvalue weighted by Gasteiger charge is -2.26. The normalized spacial score (nSPS) is 15.4. The van der Waals surface area contributed by atoms with Crippen molar-refractivity contribution >= 4 is 21.7 Å². The van der Waals surface area contributed by atoms with Crippen molar-refractivity contribution in [2.45, 2.75) is 18.4 Å². The van der Waals surface area contributed by atoms with Gasteiger partial charge in [-0.2, -0.15) is 4.31 Å². The SMILES string of the molecule is CCOC(=O)c1ccoc1CNc1ccc(F)c(S(=O)(=O)N2CCOCC2)c1. The number of nitrogens with zero attached hydrogens (tertiary/aromatic N) is 1. The molecule has 0 radical (unpaired) electrons. The van der Waals surface area contributed by atoms with E-state index in [0.717, 1.165) is 6.07 Å². The summed E-state index contributed by atoms with van der Waals surface area (Å²) in [5.74, 6) is -1.01. The second-order valence-electron chi connectivity index (χ2n) is 5.99. The number of hydrogen-bond donors (Lipinski definition) is 1. The molecule has 28 heavy (non-hydrogen) atoms. The molecule has 8 nitrogen and oxygen atoms in total. The van der Waals surface area contributed by atoms with E-state index in [1.165, 1.54) is 28.8 Å². The number of furan rings is 1. The van der Waals surface area contributed by atoms with Crippen molar-refractivity contribution in [1.29, 1.82) is 0 Å². The number of carbonyl (C=O) groups is 1. The van der Waals surface area contributed by atoms with Gasteiger partial charge in [-0.1, -0.05) is 0 Å². The first-order valence-electron chi connectivity index (χ1n) is 8.78. The van der Waals surface area contributed by atoms with Crippen LogP contribution in [0.3, 0.4) is 0 Å². The van der Waals surface area contributed by atoms with E-state index < -0.39 is 26.7 Å². The molecule has 152 valence electrons. The third-order valence-electron chi connectivity index (χ3n) is 4.21. The molecule has 0 bridgehead atoms. The molecule has 10 heteroatoms. The van der Waals surface area contributed by atoms with Gasteiger partial charge in [-0.25, -0.2) is 17.6 Å². The molecule has 0 atom stereocenters. The summed E-state index contributed by atoms with van der Waals surface area (Å²) in [7, 11) is -3.98. The predicted molar refractivity (Wildman–Crippen MR) is 98.0 cm³/mol. The third-order valence-corrected chi connectivity index (χ3v) is 6.13. The van der Waals surface area contributed by atoms with E-state index in [-0.39, 0.29) is 45.0 Å². The van der Waals surface area contributed by atoms with Crippen LogP contribution in [0.15, 0.2) is 39.8 Å². The lowest BCUT2D eigenvalue weighted by atomic mass is 10.2. The third kappa shape index (κ3) is 4.34. The number of carbonyl (C=O) groups excluding carboxylic acids is 1. The van der Waals surface area contributed by atoms with Gasteiger partial charge in [-0.05, 0) is 31.2 Å². The Kier molecular flexibility index (Phi) is 6.32. The topological polar surface area (TPSA) is 98.1 Å². The average molecular weight is 412 g/mol. The van der Waals surface area contributed by atoms with Crippen molar-refractivity contribution in [3.63, 3.8) is 0 Å². The Balaban J connectivity index is 1.77. The molecular formula is C18H21FN2O6S. The van der Waals surface area contributed by atoms with Gasteiger partial charge in [0.2, 0.25) is 10.0 Å². The Morgan fingerprint density at radius 1 is 1.29 bits per heavy atom. The molecule has 0 spiro atoms. The summed E-state index contributed by atoms with van der Waals surface area (Å²) in [5, 5.41) is 2.95. The van der Waals surface area contributed by atoms with Gasteiger partial charge < -0.3 is 19.2 Å². The molecule has 0 unspecified atom stereocenters. The molecule has 2 aromatic rings. The highest BCUT2D eigenvalue weighted by atomic mass is 32.2. The van der Waals surface area contributed by atoms with Crippen molar-refractivity contribution in [1.82, 2.24) is 4.31 Å². The second kappa shape index (κ2) is 8.72. The summed E-state index contributed by atoms with van der Waals surface area (Å²) < 4.78 is 56.3. The standard InChI is InChI=1S/C18H21FN2O6S/c1-2-26-18(22)14-5-8-27-16(14)12-20-13-3-4-15(19)17(11-13)28(23,24)21-6-9-25-10-7-21/h3-5,8,11,20H,2,6-7,9-10,12H2,1H3. The Hall–Kier alpha value is -2.43. The molecule has 0 amide bonds. The predicted octanol–water partition coefficient (Wildman–Crippen LogP) is 2.23. The Morgan fingerprint density at radius 3 is 2.75 bits per heavy atom. The van der Waals surface area contributed by atoms with Crippen LogP contribution in [0.1, 0.15) is 23.0 Å². The number of hydrogen-bond acceptors (Lipinski definition) is 7. The van der Waals surface area contributed by atoms with Crippen molar-refractivity contribution < 1.29 is 31.5 Å². The molecule has 1 fully saturated rings. The number of benzene rings is 1. The zero-order valence-corrected chi connectivity index (χ0v) is 16.1. The average Bonchev–Trinajstić information content (AvgIpc) is 3.17. The molecule has 1 aromatic heterocycles.